The molecule has 1 aromatic heterocycles. The van der Waals surface area contributed by atoms with Crippen LogP contribution in [0.4, 0.5) is 0 Å². The molecular formula is C14H14O3. The molecule has 1 N–H and O–H groups in total. The van der Waals surface area contributed by atoms with Crippen molar-refractivity contribution in [2.75, 3.05) is 0 Å². The third kappa shape index (κ3) is 1.62. The Kier molecular flexibility index (Phi) is 2.21. The van der Waals surface area contributed by atoms with E-state index in [2.05, 4.69) is 6.92 Å². The summed E-state index contributed by atoms with van der Waals surface area (Å²) in [5.74, 6) is 0.728. The number of aromatic hydroxyl groups is 1. The molecule has 17 heavy (non-hydrogen) atoms. The predicted octanol–water partition coefficient (Wildman–Crippen LogP) is 2.62. The lowest BCUT2D eigenvalue weighted by Crippen LogP contribution is -2.20. The standard InChI is InChI=1S/C14H14O3/c1-8-2-4-11-12(6-8)10-5-3-9(15)7-13(10)17-14(11)16/h3,5,7-8,15H,2,4,6H2,1H3/t8-/m0/s1. The molecule has 0 amide bonds. The molecule has 1 aromatic carbocycles. The number of rotatable bonds is 0. The van der Waals surface area contributed by atoms with Gasteiger partial charge in [0.15, 0.2) is 0 Å². The van der Waals surface area contributed by atoms with Crippen LogP contribution in [0.1, 0.15) is 24.5 Å². The van der Waals surface area contributed by atoms with Gasteiger partial charge in [0.25, 0.3) is 0 Å². The maximum atomic E-state index is 11.8. The lowest BCUT2D eigenvalue weighted by molar-refractivity contribution is 0.465. The van der Waals surface area contributed by atoms with Crippen molar-refractivity contribution in [1.29, 1.82) is 0 Å². The highest BCUT2D eigenvalue weighted by Crippen LogP contribution is 2.30. The maximum absolute atomic E-state index is 11.8. The maximum Gasteiger partial charge on any atom is 0.339 e. The van der Waals surface area contributed by atoms with Gasteiger partial charge in [-0.05, 0) is 42.9 Å². The minimum Gasteiger partial charge on any atom is -0.508 e. The van der Waals surface area contributed by atoms with E-state index in [1.165, 1.54) is 6.07 Å². The van der Waals surface area contributed by atoms with Gasteiger partial charge in [0, 0.05) is 17.0 Å². The van der Waals surface area contributed by atoms with E-state index in [0.717, 1.165) is 35.8 Å². The molecule has 2 aromatic rings. The Balaban J connectivity index is 2.36. The molecule has 0 aliphatic heterocycles. The molecular weight excluding hydrogens is 216 g/mol. The van der Waals surface area contributed by atoms with Crippen LogP contribution in [0.5, 0.6) is 5.75 Å². The summed E-state index contributed by atoms with van der Waals surface area (Å²) in [7, 11) is 0. The van der Waals surface area contributed by atoms with Gasteiger partial charge in [-0.3, -0.25) is 0 Å². The Hall–Kier alpha value is -1.77. The summed E-state index contributed by atoms with van der Waals surface area (Å²) in [5.41, 5.74) is 2.17. The number of phenols is 1. The van der Waals surface area contributed by atoms with E-state index in [9.17, 15) is 9.90 Å². The highest BCUT2D eigenvalue weighted by molar-refractivity contribution is 5.82. The van der Waals surface area contributed by atoms with Crippen LogP contribution in [0.15, 0.2) is 27.4 Å². The van der Waals surface area contributed by atoms with Crippen molar-refractivity contribution in [3.05, 3.63) is 39.7 Å². The quantitative estimate of drug-likeness (QED) is 0.708. The van der Waals surface area contributed by atoms with Crippen molar-refractivity contribution in [2.24, 2.45) is 5.92 Å². The first kappa shape index (κ1) is 10.4. The summed E-state index contributed by atoms with van der Waals surface area (Å²) in [4.78, 5) is 11.8. The second kappa shape index (κ2) is 3.62. The second-order valence-corrected chi connectivity index (χ2v) is 4.88. The Morgan fingerprint density at radius 2 is 2.18 bits per heavy atom. The minimum atomic E-state index is -0.245. The molecule has 3 nitrogen and oxygen atoms in total. The predicted molar refractivity (Wildman–Crippen MR) is 65.3 cm³/mol. The third-order valence-corrected chi connectivity index (χ3v) is 3.54. The van der Waals surface area contributed by atoms with Crippen LogP contribution in [0.2, 0.25) is 0 Å². The lowest BCUT2D eigenvalue weighted by atomic mass is 9.84. The van der Waals surface area contributed by atoms with Crippen LogP contribution < -0.4 is 5.63 Å². The Bertz CT molecular complexity index is 640. The van der Waals surface area contributed by atoms with Crippen molar-refractivity contribution in [2.45, 2.75) is 26.2 Å². The number of hydrogen-bond donors (Lipinski definition) is 1. The molecule has 3 rings (SSSR count). The zero-order chi connectivity index (χ0) is 12.0. The van der Waals surface area contributed by atoms with E-state index in [-0.39, 0.29) is 11.4 Å². The fraction of sp³-hybridized carbons (Fsp3) is 0.357. The number of benzene rings is 1. The van der Waals surface area contributed by atoms with Crippen LogP contribution >= 0.6 is 0 Å². The Labute approximate surface area is 98.7 Å². The molecule has 88 valence electrons. The highest BCUT2D eigenvalue weighted by atomic mass is 16.4. The smallest absolute Gasteiger partial charge is 0.339 e. The molecule has 0 saturated heterocycles. The average molecular weight is 230 g/mol. The summed E-state index contributed by atoms with van der Waals surface area (Å²) in [5, 5.41) is 10.4. The summed E-state index contributed by atoms with van der Waals surface area (Å²) >= 11 is 0. The zero-order valence-corrected chi connectivity index (χ0v) is 9.69. The number of fused-ring (bicyclic) bond motifs is 3. The van der Waals surface area contributed by atoms with Gasteiger partial charge in [0.2, 0.25) is 0 Å². The topological polar surface area (TPSA) is 50.4 Å². The molecule has 0 saturated carbocycles. The van der Waals surface area contributed by atoms with Crippen molar-refractivity contribution >= 4 is 11.0 Å². The van der Waals surface area contributed by atoms with E-state index in [4.69, 9.17) is 4.42 Å². The van der Waals surface area contributed by atoms with Crippen LogP contribution in [0.3, 0.4) is 0 Å². The van der Waals surface area contributed by atoms with Crippen molar-refractivity contribution in [3.63, 3.8) is 0 Å². The molecule has 1 atom stereocenters. The minimum absolute atomic E-state index is 0.129. The first-order valence-corrected chi connectivity index (χ1v) is 5.92. The van der Waals surface area contributed by atoms with Gasteiger partial charge in [-0.25, -0.2) is 4.79 Å². The van der Waals surface area contributed by atoms with E-state index in [0.29, 0.717) is 11.5 Å². The lowest BCUT2D eigenvalue weighted by Gasteiger charge is -2.21. The van der Waals surface area contributed by atoms with Gasteiger partial charge in [-0.1, -0.05) is 6.92 Å². The third-order valence-electron chi connectivity index (χ3n) is 3.54. The van der Waals surface area contributed by atoms with Crippen LogP contribution in [0.25, 0.3) is 11.0 Å². The SMILES string of the molecule is C[C@H]1CCc2c(c3ccc(O)cc3oc2=O)C1. The van der Waals surface area contributed by atoms with Crippen molar-refractivity contribution in [1.82, 2.24) is 0 Å². The van der Waals surface area contributed by atoms with E-state index >= 15 is 0 Å². The van der Waals surface area contributed by atoms with Gasteiger partial charge in [-0.15, -0.1) is 0 Å². The van der Waals surface area contributed by atoms with Gasteiger partial charge >= 0.3 is 5.63 Å². The molecule has 0 unspecified atom stereocenters. The fourth-order valence-electron chi connectivity index (χ4n) is 2.62. The van der Waals surface area contributed by atoms with E-state index < -0.39 is 0 Å². The van der Waals surface area contributed by atoms with Crippen LogP contribution in [-0.4, -0.2) is 5.11 Å². The van der Waals surface area contributed by atoms with Crippen molar-refractivity contribution < 1.29 is 9.52 Å². The molecule has 0 spiro atoms. The normalized spacial score (nSPS) is 19.2. The second-order valence-electron chi connectivity index (χ2n) is 4.88. The molecule has 1 aliphatic carbocycles. The van der Waals surface area contributed by atoms with E-state index in [1.54, 1.807) is 6.07 Å². The van der Waals surface area contributed by atoms with Crippen LogP contribution in [0, 0.1) is 5.92 Å². The van der Waals surface area contributed by atoms with Gasteiger partial charge in [0.05, 0.1) is 0 Å². The molecule has 1 heterocycles. The average Bonchev–Trinajstić information content (AvgIpc) is 2.28. The molecule has 0 bridgehead atoms. The van der Waals surface area contributed by atoms with Crippen molar-refractivity contribution in [3.8, 4) is 5.75 Å². The van der Waals surface area contributed by atoms with Gasteiger partial charge in [-0.2, -0.15) is 0 Å². The monoisotopic (exact) mass is 230 g/mol. The first-order valence-electron chi connectivity index (χ1n) is 5.92. The largest absolute Gasteiger partial charge is 0.508 e. The summed E-state index contributed by atoms with van der Waals surface area (Å²) < 4.78 is 5.26. The molecule has 3 heteroatoms. The van der Waals surface area contributed by atoms with Crippen LogP contribution in [-0.2, 0) is 12.8 Å². The first-order chi connectivity index (χ1) is 8.15. The summed E-state index contributed by atoms with van der Waals surface area (Å²) in [6.07, 6.45) is 2.76. The Morgan fingerprint density at radius 1 is 1.35 bits per heavy atom. The Morgan fingerprint density at radius 3 is 3.00 bits per heavy atom. The zero-order valence-electron chi connectivity index (χ0n) is 9.69. The fourth-order valence-corrected chi connectivity index (χ4v) is 2.62. The van der Waals surface area contributed by atoms with Gasteiger partial charge < -0.3 is 9.52 Å². The highest BCUT2D eigenvalue weighted by Gasteiger charge is 2.21. The number of hydrogen-bond acceptors (Lipinski definition) is 3. The molecule has 1 aliphatic rings. The van der Waals surface area contributed by atoms with Gasteiger partial charge in [0.1, 0.15) is 11.3 Å². The summed E-state index contributed by atoms with van der Waals surface area (Å²) in [6, 6.07) is 4.99. The summed E-state index contributed by atoms with van der Waals surface area (Å²) in [6.45, 7) is 2.20. The number of phenolic OH excluding ortho intramolecular Hbond substituents is 1. The van der Waals surface area contributed by atoms with E-state index in [1.807, 2.05) is 6.07 Å². The molecule has 0 fully saturated rings. The molecule has 0 radical (unpaired) electrons.